The molecule has 0 heterocycles. The molecule has 0 aliphatic rings. The van der Waals surface area contributed by atoms with Crippen molar-refractivity contribution in [1.29, 1.82) is 0 Å². The van der Waals surface area contributed by atoms with E-state index in [-0.39, 0.29) is 0 Å². The lowest BCUT2D eigenvalue weighted by Crippen LogP contribution is -1.94. The van der Waals surface area contributed by atoms with Crippen molar-refractivity contribution >= 4 is 23.2 Å². The Morgan fingerprint density at radius 3 is 2.26 bits per heavy atom. The third-order valence-corrected chi connectivity index (χ3v) is 2.95. The Bertz CT molecular complexity index is 538. The number of hydrogen-bond acceptors (Lipinski definition) is 2. The number of benzene rings is 2. The Kier molecular flexibility index (Phi) is 4.94. The molecule has 2 aromatic rings. The van der Waals surface area contributed by atoms with Gasteiger partial charge < -0.3 is 9.47 Å². The molecule has 100 valence electrons. The monoisotopic (exact) mass is 296 g/mol. The fourth-order valence-corrected chi connectivity index (χ4v) is 1.96. The molecule has 0 saturated heterocycles. The van der Waals surface area contributed by atoms with Crippen molar-refractivity contribution in [3.8, 4) is 17.2 Å². The molecule has 0 unspecified atom stereocenters. The Balaban J connectivity index is 2.06. The van der Waals surface area contributed by atoms with E-state index in [0.717, 1.165) is 12.2 Å². The first kappa shape index (κ1) is 14.0. The first-order chi connectivity index (χ1) is 9.19. The van der Waals surface area contributed by atoms with Crippen molar-refractivity contribution in [2.45, 2.75) is 13.3 Å². The fourth-order valence-electron chi connectivity index (χ4n) is 1.51. The lowest BCUT2D eigenvalue weighted by atomic mass is 10.3. The lowest BCUT2D eigenvalue weighted by Gasteiger charge is -2.09. The fraction of sp³-hybridized carbons (Fsp3) is 0.200. The molecular weight excluding hydrogens is 283 g/mol. The van der Waals surface area contributed by atoms with E-state index in [2.05, 4.69) is 6.92 Å². The van der Waals surface area contributed by atoms with Crippen molar-refractivity contribution < 1.29 is 9.47 Å². The highest BCUT2D eigenvalue weighted by Gasteiger charge is 2.04. The molecule has 0 fully saturated rings. The second-order valence-electron chi connectivity index (χ2n) is 4.00. The van der Waals surface area contributed by atoms with E-state index in [1.165, 1.54) is 0 Å². The maximum absolute atomic E-state index is 6.05. The summed E-state index contributed by atoms with van der Waals surface area (Å²) in [5, 5.41) is 1.07. The Morgan fingerprint density at radius 1 is 0.947 bits per heavy atom. The Labute approximate surface area is 122 Å². The summed E-state index contributed by atoms with van der Waals surface area (Å²) >= 11 is 11.9. The van der Waals surface area contributed by atoms with Crippen LogP contribution in [0.4, 0.5) is 0 Å². The van der Waals surface area contributed by atoms with Gasteiger partial charge >= 0.3 is 0 Å². The van der Waals surface area contributed by atoms with Gasteiger partial charge in [-0.2, -0.15) is 0 Å². The van der Waals surface area contributed by atoms with Crippen LogP contribution in [0.2, 0.25) is 10.0 Å². The zero-order chi connectivity index (χ0) is 13.7. The highest BCUT2D eigenvalue weighted by atomic mass is 35.5. The summed E-state index contributed by atoms with van der Waals surface area (Å²) in [6.45, 7) is 2.78. The number of halogens is 2. The first-order valence-electron chi connectivity index (χ1n) is 6.05. The van der Waals surface area contributed by atoms with Crippen LogP contribution in [0.15, 0.2) is 42.5 Å². The van der Waals surface area contributed by atoms with Gasteiger partial charge in [-0.1, -0.05) is 30.1 Å². The summed E-state index contributed by atoms with van der Waals surface area (Å²) in [5.41, 5.74) is 0. The van der Waals surface area contributed by atoms with Crippen molar-refractivity contribution in [3.05, 3.63) is 52.5 Å². The van der Waals surface area contributed by atoms with Crippen LogP contribution in [0.1, 0.15) is 13.3 Å². The molecule has 2 aromatic carbocycles. The SMILES string of the molecule is CCCOc1ccc(Oc2ccc(Cl)cc2Cl)cc1. The molecule has 2 nitrogen and oxygen atoms in total. The second kappa shape index (κ2) is 6.69. The Morgan fingerprint density at radius 2 is 1.63 bits per heavy atom. The lowest BCUT2D eigenvalue weighted by molar-refractivity contribution is 0.317. The summed E-state index contributed by atoms with van der Waals surface area (Å²) in [4.78, 5) is 0. The summed E-state index contributed by atoms with van der Waals surface area (Å²) in [6, 6.07) is 12.6. The zero-order valence-electron chi connectivity index (χ0n) is 10.5. The van der Waals surface area contributed by atoms with E-state index in [9.17, 15) is 0 Å². The van der Waals surface area contributed by atoms with Crippen LogP contribution >= 0.6 is 23.2 Å². The third kappa shape index (κ3) is 4.05. The molecular formula is C15H14Cl2O2. The van der Waals surface area contributed by atoms with Crippen LogP contribution in [0.25, 0.3) is 0 Å². The molecule has 0 aromatic heterocycles. The van der Waals surface area contributed by atoms with Crippen molar-refractivity contribution in [1.82, 2.24) is 0 Å². The number of ether oxygens (including phenoxy) is 2. The van der Waals surface area contributed by atoms with Gasteiger partial charge in [0.2, 0.25) is 0 Å². The van der Waals surface area contributed by atoms with Crippen LogP contribution < -0.4 is 9.47 Å². The molecule has 0 aliphatic carbocycles. The van der Waals surface area contributed by atoms with Crippen LogP contribution in [-0.4, -0.2) is 6.61 Å². The molecule has 19 heavy (non-hydrogen) atoms. The van der Waals surface area contributed by atoms with Crippen molar-refractivity contribution in [2.24, 2.45) is 0 Å². The van der Waals surface area contributed by atoms with Gasteiger partial charge in [0.25, 0.3) is 0 Å². The van der Waals surface area contributed by atoms with E-state index in [0.29, 0.717) is 28.2 Å². The average Bonchev–Trinajstić information content (AvgIpc) is 2.41. The standard InChI is InChI=1S/C15H14Cl2O2/c1-2-9-18-12-4-6-13(7-5-12)19-15-8-3-11(16)10-14(15)17/h3-8,10H,2,9H2,1H3. The highest BCUT2D eigenvalue weighted by molar-refractivity contribution is 6.35. The van der Waals surface area contributed by atoms with Gasteiger partial charge in [-0.05, 0) is 48.9 Å². The minimum Gasteiger partial charge on any atom is -0.494 e. The maximum atomic E-state index is 6.05. The number of hydrogen-bond donors (Lipinski definition) is 0. The van der Waals surface area contributed by atoms with Crippen molar-refractivity contribution in [2.75, 3.05) is 6.61 Å². The van der Waals surface area contributed by atoms with E-state index < -0.39 is 0 Å². The molecule has 0 spiro atoms. The van der Waals surface area contributed by atoms with Gasteiger partial charge in [0.1, 0.15) is 17.2 Å². The minimum atomic E-state index is 0.485. The van der Waals surface area contributed by atoms with Gasteiger partial charge in [0, 0.05) is 5.02 Å². The number of rotatable bonds is 5. The summed E-state index contributed by atoms with van der Waals surface area (Å²) in [6.07, 6.45) is 0.985. The van der Waals surface area contributed by atoms with Crippen molar-refractivity contribution in [3.63, 3.8) is 0 Å². The van der Waals surface area contributed by atoms with E-state index in [1.807, 2.05) is 24.3 Å². The predicted molar refractivity (Wildman–Crippen MR) is 78.8 cm³/mol. The molecule has 0 atom stereocenters. The van der Waals surface area contributed by atoms with E-state index in [4.69, 9.17) is 32.7 Å². The second-order valence-corrected chi connectivity index (χ2v) is 4.84. The van der Waals surface area contributed by atoms with Gasteiger partial charge in [0.15, 0.2) is 0 Å². The van der Waals surface area contributed by atoms with Gasteiger partial charge in [0.05, 0.1) is 11.6 Å². The molecule has 0 bridgehead atoms. The quantitative estimate of drug-likeness (QED) is 0.717. The summed E-state index contributed by atoms with van der Waals surface area (Å²) < 4.78 is 11.2. The summed E-state index contributed by atoms with van der Waals surface area (Å²) in [7, 11) is 0. The maximum Gasteiger partial charge on any atom is 0.146 e. The van der Waals surface area contributed by atoms with Crippen LogP contribution in [-0.2, 0) is 0 Å². The van der Waals surface area contributed by atoms with Gasteiger partial charge in [-0.3, -0.25) is 0 Å². The predicted octanol–water partition coefficient (Wildman–Crippen LogP) is 5.57. The molecule has 0 N–H and O–H groups in total. The third-order valence-electron chi connectivity index (χ3n) is 2.42. The summed E-state index contributed by atoms with van der Waals surface area (Å²) in [5.74, 6) is 2.11. The van der Waals surface area contributed by atoms with Crippen LogP contribution in [0.3, 0.4) is 0 Å². The molecule has 0 amide bonds. The largest absolute Gasteiger partial charge is 0.494 e. The van der Waals surface area contributed by atoms with Crippen LogP contribution in [0.5, 0.6) is 17.2 Å². The normalized spacial score (nSPS) is 10.3. The first-order valence-corrected chi connectivity index (χ1v) is 6.80. The molecule has 0 saturated carbocycles. The van der Waals surface area contributed by atoms with Gasteiger partial charge in [-0.15, -0.1) is 0 Å². The average molecular weight is 297 g/mol. The van der Waals surface area contributed by atoms with Crippen LogP contribution in [0, 0.1) is 0 Å². The molecule has 4 heteroatoms. The van der Waals surface area contributed by atoms with Gasteiger partial charge in [-0.25, -0.2) is 0 Å². The molecule has 0 aliphatic heterocycles. The zero-order valence-corrected chi connectivity index (χ0v) is 12.0. The topological polar surface area (TPSA) is 18.5 Å². The smallest absolute Gasteiger partial charge is 0.146 e. The van der Waals surface area contributed by atoms with E-state index in [1.54, 1.807) is 18.2 Å². The Hall–Kier alpha value is -1.38. The molecule has 0 radical (unpaired) electrons. The van der Waals surface area contributed by atoms with E-state index >= 15 is 0 Å². The minimum absolute atomic E-state index is 0.485. The molecule has 2 rings (SSSR count). The highest BCUT2D eigenvalue weighted by Crippen LogP contribution is 2.32.